The van der Waals surface area contributed by atoms with Crippen molar-refractivity contribution in [3.05, 3.63) is 51.7 Å². The van der Waals surface area contributed by atoms with E-state index in [2.05, 4.69) is 0 Å². The van der Waals surface area contributed by atoms with Crippen molar-refractivity contribution in [2.24, 2.45) is 0 Å². The Morgan fingerprint density at radius 1 is 1.42 bits per heavy atom. The molecule has 128 valence electrons. The van der Waals surface area contributed by atoms with Gasteiger partial charge in [0.15, 0.2) is 11.6 Å². The highest BCUT2D eigenvalue weighted by Crippen LogP contribution is 2.36. The fraction of sp³-hybridized carbons (Fsp3) is 0.375. The number of anilines is 1. The highest BCUT2D eigenvalue weighted by molar-refractivity contribution is 5.60. The molecule has 0 saturated carbocycles. The Balaban J connectivity index is 1.89. The number of aryl methyl sites for hydroxylation is 1. The summed E-state index contributed by atoms with van der Waals surface area (Å²) in [4.78, 5) is 12.1. The lowest BCUT2D eigenvalue weighted by Crippen LogP contribution is -2.38. The standard InChI is InChI=1S/C16H17FN2O5/c1-10-3-4-14(24-10)16-9-18(5-6-23-16)12-8-15(22-2)13(19(20)21)7-11(12)17/h3-4,7-8,16H,5-6,9H2,1-2H3/t16-/m1/s1. The van der Waals surface area contributed by atoms with Crippen molar-refractivity contribution in [2.45, 2.75) is 13.0 Å². The molecule has 1 atom stereocenters. The largest absolute Gasteiger partial charge is 0.490 e. The molecule has 0 aliphatic carbocycles. The zero-order valence-electron chi connectivity index (χ0n) is 13.3. The van der Waals surface area contributed by atoms with E-state index in [1.807, 2.05) is 19.1 Å². The first-order chi connectivity index (χ1) is 11.5. The summed E-state index contributed by atoms with van der Waals surface area (Å²) in [6.45, 7) is 3.08. The minimum Gasteiger partial charge on any atom is -0.490 e. The van der Waals surface area contributed by atoms with Crippen LogP contribution in [0.25, 0.3) is 0 Å². The summed E-state index contributed by atoms with van der Waals surface area (Å²) in [6, 6.07) is 5.91. The van der Waals surface area contributed by atoms with Gasteiger partial charge < -0.3 is 18.8 Å². The summed E-state index contributed by atoms with van der Waals surface area (Å²) >= 11 is 0. The van der Waals surface area contributed by atoms with Crippen LogP contribution in [0.15, 0.2) is 28.7 Å². The molecule has 2 heterocycles. The number of hydrogen-bond donors (Lipinski definition) is 0. The highest BCUT2D eigenvalue weighted by atomic mass is 19.1. The minimum absolute atomic E-state index is 0.0216. The normalized spacial score (nSPS) is 17.8. The van der Waals surface area contributed by atoms with Crippen molar-refractivity contribution in [1.29, 1.82) is 0 Å². The SMILES string of the molecule is COc1cc(N2CCO[C@@H](c3ccc(C)o3)C2)c(F)cc1[N+](=O)[O-]. The lowest BCUT2D eigenvalue weighted by atomic mass is 10.1. The van der Waals surface area contributed by atoms with E-state index in [4.69, 9.17) is 13.9 Å². The molecule has 0 spiro atoms. The van der Waals surface area contributed by atoms with Gasteiger partial charge in [-0.25, -0.2) is 4.39 Å². The predicted molar refractivity (Wildman–Crippen MR) is 84.0 cm³/mol. The van der Waals surface area contributed by atoms with Crippen LogP contribution in [0.4, 0.5) is 15.8 Å². The molecule has 3 rings (SSSR count). The van der Waals surface area contributed by atoms with Crippen LogP contribution in [0, 0.1) is 22.9 Å². The third kappa shape index (κ3) is 3.05. The Morgan fingerprint density at radius 2 is 2.21 bits per heavy atom. The molecular formula is C16H17FN2O5. The van der Waals surface area contributed by atoms with Crippen molar-refractivity contribution < 1.29 is 23.2 Å². The maximum absolute atomic E-state index is 14.4. The summed E-state index contributed by atoms with van der Waals surface area (Å²) in [6.07, 6.45) is -0.326. The van der Waals surface area contributed by atoms with Crippen LogP contribution in [0.1, 0.15) is 17.6 Å². The summed E-state index contributed by atoms with van der Waals surface area (Å²) in [5.41, 5.74) is -0.153. The molecule has 0 radical (unpaired) electrons. The van der Waals surface area contributed by atoms with Crippen LogP contribution < -0.4 is 9.64 Å². The molecule has 24 heavy (non-hydrogen) atoms. The van der Waals surface area contributed by atoms with Gasteiger partial charge in [-0.15, -0.1) is 0 Å². The van der Waals surface area contributed by atoms with Crippen molar-refractivity contribution in [1.82, 2.24) is 0 Å². The number of methoxy groups -OCH3 is 1. The maximum atomic E-state index is 14.4. The molecule has 1 aromatic heterocycles. The molecule has 0 N–H and O–H groups in total. The van der Waals surface area contributed by atoms with E-state index in [1.165, 1.54) is 13.2 Å². The number of nitro benzene ring substituents is 1. The maximum Gasteiger partial charge on any atom is 0.313 e. The average molecular weight is 336 g/mol. The summed E-state index contributed by atoms with van der Waals surface area (Å²) < 4.78 is 30.7. The summed E-state index contributed by atoms with van der Waals surface area (Å²) in [5, 5.41) is 11.0. The summed E-state index contributed by atoms with van der Waals surface area (Å²) in [7, 11) is 1.32. The molecule has 1 aliphatic rings. The number of benzene rings is 1. The molecule has 1 fully saturated rings. The van der Waals surface area contributed by atoms with Gasteiger partial charge >= 0.3 is 5.69 Å². The molecule has 1 aliphatic heterocycles. The van der Waals surface area contributed by atoms with E-state index in [0.717, 1.165) is 11.8 Å². The van der Waals surface area contributed by atoms with E-state index >= 15 is 0 Å². The molecule has 1 aromatic carbocycles. The van der Waals surface area contributed by atoms with Gasteiger partial charge in [0.1, 0.15) is 17.6 Å². The van der Waals surface area contributed by atoms with Crippen molar-refractivity contribution in [2.75, 3.05) is 31.7 Å². The molecule has 0 unspecified atom stereocenters. The number of furan rings is 1. The molecule has 7 nitrogen and oxygen atoms in total. The molecule has 2 aromatic rings. The lowest BCUT2D eigenvalue weighted by Gasteiger charge is -2.33. The van der Waals surface area contributed by atoms with Gasteiger partial charge in [-0.05, 0) is 19.1 Å². The van der Waals surface area contributed by atoms with Gasteiger partial charge in [-0.1, -0.05) is 0 Å². The van der Waals surface area contributed by atoms with Crippen LogP contribution in [0.2, 0.25) is 0 Å². The Kier molecular flexibility index (Phi) is 4.39. The minimum atomic E-state index is -0.668. The van der Waals surface area contributed by atoms with Gasteiger partial charge in [0.2, 0.25) is 0 Å². The number of rotatable bonds is 4. The number of nitro groups is 1. The third-order valence-electron chi connectivity index (χ3n) is 3.93. The third-order valence-corrected chi connectivity index (χ3v) is 3.93. The lowest BCUT2D eigenvalue weighted by molar-refractivity contribution is -0.385. The van der Waals surface area contributed by atoms with E-state index in [1.54, 1.807) is 4.90 Å². The zero-order chi connectivity index (χ0) is 17.3. The Labute approximate surface area is 137 Å². The Hall–Kier alpha value is -2.61. The van der Waals surface area contributed by atoms with E-state index < -0.39 is 16.4 Å². The number of hydrogen-bond acceptors (Lipinski definition) is 6. The Morgan fingerprint density at radius 3 is 2.83 bits per heavy atom. The fourth-order valence-electron chi connectivity index (χ4n) is 2.75. The second-order valence-corrected chi connectivity index (χ2v) is 5.49. The second kappa shape index (κ2) is 6.48. The monoisotopic (exact) mass is 336 g/mol. The van der Waals surface area contributed by atoms with Crippen LogP contribution in [-0.4, -0.2) is 31.7 Å². The van der Waals surface area contributed by atoms with Gasteiger partial charge in [0.05, 0.1) is 36.9 Å². The molecule has 8 heteroatoms. The molecule has 1 saturated heterocycles. The first kappa shape index (κ1) is 16.3. The zero-order valence-corrected chi connectivity index (χ0v) is 13.3. The summed E-state index contributed by atoms with van der Waals surface area (Å²) in [5.74, 6) is 0.799. The first-order valence-corrected chi connectivity index (χ1v) is 7.44. The van der Waals surface area contributed by atoms with Gasteiger partial charge in [-0.3, -0.25) is 10.1 Å². The van der Waals surface area contributed by atoms with Gasteiger partial charge in [-0.2, -0.15) is 0 Å². The van der Waals surface area contributed by atoms with Gasteiger partial charge in [0, 0.05) is 12.6 Å². The van der Waals surface area contributed by atoms with Crippen LogP contribution in [-0.2, 0) is 4.74 Å². The van der Waals surface area contributed by atoms with Gasteiger partial charge in [0.25, 0.3) is 0 Å². The van der Waals surface area contributed by atoms with E-state index in [0.29, 0.717) is 25.5 Å². The smallest absolute Gasteiger partial charge is 0.313 e. The van der Waals surface area contributed by atoms with Crippen molar-refractivity contribution in [3.8, 4) is 5.75 Å². The number of ether oxygens (including phenoxy) is 2. The van der Waals surface area contributed by atoms with E-state index in [-0.39, 0.29) is 17.5 Å². The molecule has 0 bridgehead atoms. The van der Waals surface area contributed by atoms with Crippen LogP contribution >= 0.6 is 0 Å². The number of halogens is 1. The topological polar surface area (TPSA) is 78.0 Å². The van der Waals surface area contributed by atoms with Crippen LogP contribution in [0.5, 0.6) is 5.75 Å². The predicted octanol–water partition coefficient (Wildman–Crippen LogP) is 3.22. The molecule has 0 amide bonds. The van der Waals surface area contributed by atoms with E-state index in [9.17, 15) is 14.5 Å². The number of morpholine rings is 1. The highest BCUT2D eigenvalue weighted by Gasteiger charge is 2.28. The fourth-order valence-corrected chi connectivity index (χ4v) is 2.75. The number of nitrogens with zero attached hydrogens (tertiary/aromatic N) is 2. The second-order valence-electron chi connectivity index (χ2n) is 5.49. The average Bonchev–Trinajstić information content (AvgIpc) is 3.01. The van der Waals surface area contributed by atoms with Crippen LogP contribution in [0.3, 0.4) is 0 Å². The first-order valence-electron chi connectivity index (χ1n) is 7.44. The quantitative estimate of drug-likeness (QED) is 0.630. The molecular weight excluding hydrogens is 319 g/mol. The Bertz CT molecular complexity index is 761. The van der Waals surface area contributed by atoms with Crippen molar-refractivity contribution >= 4 is 11.4 Å². The van der Waals surface area contributed by atoms with Crippen molar-refractivity contribution in [3.63, 3.8) is 0 Å².